The Morgan fingerprint density at radius 1 is 1.14 bits per heavy atom. The van der Waals surface area contributed by atoms with Gasteiger partial charge in [0, 0.05) is 23.8 Å². The van der Waals surface area contributed by atoms with Crippen molar-refractivity contribution in [2.24, 2.45) is 0 Å². The zero-order chi connectivity index (χ0) is 20.7. The van der Waals surface area contributed by atoms with Gasteiger partial charge in [-0.2, -0.15) is 13.2 Å². The second-order valence-corrected chi connectivity index (χ2v) is 6.24. The van der Waals surface area contributed by atoms with E-state index in [0.717, 1.165) is 0 Å². The van der Waals surface area contributed by atoms with Crippen LogP contribution >= 0.6 is 11.6 Å². The SMILES string of the molecule is CCN(Cc1cccc(NC(=O)COc2ccc(Cl)cc2)c1)C(=O)C(F)(F)F. The van der Waals surface area contributed by atoms with Gasteiger partial charge in [-0.1, -0.05) is 23.7 Å². The highest BCUT2D eigenvalue weighted by atomic mass is 35.5. The molecule has 0 saturated heterocycles. The fourth-order valence-corrected chi connectivity index (χ4v) is 2.48. The van der Waals surface area contributed by atoms with E-state index in [9.17, 15) is 22.8 Å². The molecule has 0 fully saturated rings. The molecule has 9 heteroatoms. The zero-order valence-corrected chi connectivity index (χ0v) is 15.7. The first-order valence-corrected chi connectivity index (χ1v) is 8.70. The molecule has 0 unspecified atom stereocenters. The van der Waals surface area contributed by atoms with Gasteiger partial charge >= 0.3 is 12.1 Å². The third-order valence-electron chi connectivity index (χ3n) is 3.68. The lowest BCUT2D eigenvalue weighted by Gasteiger charge is -2.22. The van der Waals surface area contributed by atoms with Crippen LogP contribution in [0.15, 0.2) is 48.5 Å². The molecule has 0 spiro atoms. The van der Waals surface area contributed by atoms with Crippen LogP contribution in [0.25, 0.3) is 0 Å². The van der Waals surface area contributed by atoms with Crippen LogP contribution in [0.4, 0.5) is 18.9 Å². The predicted octanol–water partition coefficient (Wildman–Crippen LogP) is 4.27. The topological polar surface area (TPSA) is 58.6 Å². The van der Waals surface area contributed by atoms with Gasteiger partial charge in [0.05, 0.1) is 0 Å². The average Bonchev–Trinajstić information content (AvgIpc) is 2.64. The van der Waals surface area contributed by atoms with E-state index in [1.54, 1.807) is 42.5 Å². The lowest BCUT2D eigenvalue weighted by molar-refractivity contribution is -0.185. The fourth-order valence-electron chi connectivity index (χ4n) is 2.35. The molecule has 0 aliphatic carbocycles. The maximum atomic E-state index is 12.6. The summed E-state index contributed by atoms with van der Waals surface area (Å²) in [6.07, 6.45) is -4.93. The van der Waals surface area contributed by atoms with Crippen molar-refractivity contribution in [2.75, 3.05) is 18.5 Å². The first-order valence-electron chi connectivity index (χ1n) is 8.32. The van der Waals surface area contributed by atoms with Crippen molar-refractivity contribution in [2.45, 2.75) is 19.6 Å². The number of nitrogens with zero attached hydrogens (tertiary/aromatic N) is 1. The molecule has 0 heterocycles. The number of anilines is 1. The minimum absolute atomic E-state index is 0.0934. The molecular formula is C19H18ClF3N2O3. The molecule has 0 aliphatic heterocycles. The average molecular weight is 415 g/mol. The van der Waals surface area contributed by atoms with Gasteiger partial charge in [-0.25, -0.2) is 0 Å². The van der Waals surface area contributed by atoms with E-state index in [4.69, 9.17) is 16.3 Å². The second kappa shape index (κ2) is 9.45. The van der Waals surface area contributed by atoms with Gasteiger partial charge in [0.2, 0.25) is 0 Å². The number of amides is 2. The van der Waals surface area contributed by atoms with Gasteiger partial charge < -0.3 is 15.0 Å². The van der Waals surface area contributed by atoms with E-state index in [1.807, 2.05) is 0 Å². The van der Waals surface area contributed by atoms with Gasteiger partial charge in [-0.15, -0.1) is 0 Å². The van der Waals surface area contributed by atoms with Gasteiger partial charge in [0.25, 0.3) is 5.91 Å². The summed E-state index contributed by atoms with van der Waals surface area (Å²) < 4.78 is 43.2. The predicted molar refractivity (Wildman–Crippen MR) is 99.2 cm³/mol. The Labute approximate surface area is 165 Å². The molecule has 0 atom stereocenters. The Morgan fingerprint density at radius 3 is 2.43 bits per heavy atom. The molecule has 0 bridgehead atoms. The summed E-state index contributed by atoms with van der Waals surface area (Å²) in [4.78, 5) is 24.1. The van der Waals surface area contributed by atoms with Crippen molar-refractivity contribution in [3.63, 3.8) is 0 Å². The van der Waals surface area contributed by atoms with Crippen LogP contribution in [0.2, 0.25) is 5.02 Å². The van der Waals surface area contributed by atoms with E-state index >= 15 is 0 Å². The Hall–Kier alpha value is -2.74. The Bertz CT molecular complexity index is 826. The largest absolute Gasteiger partial charge is 0.484 e. The van der Waals surface area contributed by atoms with E-state index in [2.05, 4.69) is 5.32 Å². The fraction of sp³-hybridized carbons (Fsp3) is 0.263. The minimum Gasteiger partial charge on any atom is -0.484 e. The van der Waals surface area contributed by atoms with Crippen LogP contribution in [0.3, 0.4) is 0 Å². The van der Waals surface area contributed by atoms with Gasteiger partial charge in [0.1, 0.15) is 5.75 Å². The number of halogens is 4. The highest BCUT2D eigenvalue weighted by molar-refractivity contribution is 6.30. The van der Waals surface area contributed by atoms with E-state index in [-0.39, 0.29) is 19.7 Å². The van der Waals surface area contributed by atoms with Crippen LogP contribution in [-0.2, 0) is 16.1 Å². The van der Waals surface area contributed by atoms with Gasteiger partial charge in [-0.3, -0.25) is 9.59 Å². The second-order valence-electron chi connectivity index (χ2n) is 5.81. The van der Waals surface area contributed by atoms with Gasteiger partial charge in [-0.05, 0) is 48.9 Å². The number of alkyl halides is 3. The summed E-state index contributed by atoms with van der Waals surface area (Å²) in [6, 6.07) is 12.7. The normalized spacial score (nSPS) is 11.0. The summed E-state index contributed by atoms with van der Waals surface area (Å²) in [7, 11) is 0. The number of hydrogen-bond donors (Lipinski definition) is 1. The van der Waals surface area contributed by atoms with Crippen LogP contribution in [0.1, 0.15) is 12.5 Å². The quantitative estimate of drug-likeness (QED) is 0.736. The number of benzene rings is 2. The van der Waals surface area contributed by atoms with Crippen molar-refractivity contribution in [3.8, 4) is 5.75 Å². The van der Waals surface area contributed by atoms with Crippen molar-refractivity contribution in [3.05, 3.63) is 59.1 Å². The Morgan fingerprint density at radius 2 is 1.82 bits per heavy atom. The lowest BCUT2D eigenvalue weighted by Crippen LogP contribution is -2.40. The van der Waals surface area contributed by atoms with Crippen molar-refractivity contribution < 1.29 is 27.5 Å². The number of rotatable bonds is 7. The summed E-state index contributed by atoms with van der Waals surface area (Å²) in [5.74, 6) is -1.87. The number of carbonyl (C=O) groups is 2. The molecule has 0 aromatic heterocycles. The van der Waals surface area contributed by atoms with Crippen LogP contribution in [-0.4, -0.2) is 36.0 Å². The molecule has 2 aromatic carbocycles. The van der Waals surface area contributed by atoms with Crippen LogP contribution in [0, 0.1) is 0 Å². The number of carbonyl (C=O) groups excluding carboxylic acids is 2. The van der Waals surface area contributed by atoms with E-state index in [1.165, 1.54) is 13.0 Å². The molecule has 1 N–H and O–H groups in total. The monoisotopic (exact) mass is 414 g/mol. The molecular weight excluding hydrogens is 397 g/mol. The molecule has 28 heavy (non-hydrogen) atoms. The summed E-state index contributed by atoms with van der Waals surface area (Å²) >= 11 is 5.77. The Balaban J connectivity index is 1.95. The van der Waals surface area contributed by atoms with Crippen molar-refractivity contribution in [1.82, 2.24) is 4.90 Å². The zero-order valence-electron chi connectivity index (χ0n) is 14.9. The van der Waals surface area contributed by atoms with Gasteiger partial charge in [0.15, 0.2) is 6.61 Å². The van der Waals surface area contributed by atoms with E-state index < -0.39 is 18.0 Å². The molecule has 2 amide bonds. The first kappa shape index (κ1) is 21.6. The molecule has 5 nitrogen and oxygen atoms in total. The maximum Gasteiger partial charge on any atom is 0.471 e. The van der Waals surface area contributed by atoms with E-state index in [0.29, 0.717) is 26.9 Å². The molecule has 150 valence electrons. The van der Waals surface area contributed by atoms with Crippen molar-refractivity contribution >= 4 is 29.1 Å². The molecule has 2 aromatic rings. The number of hydrogen-bond acceptors (Lipinski definition) is 3. The van der Waals surface area contributed by atoms with Crippen LogP contribution < -0.4 is 10.1 Å². The number of ether oxygens (including phenoxy) is 1. The molecule has 0 saturated carbocycles. The highest BCUT2D eigenvalue weighted by Crippen LogP contribution is 2.21. The maximum absolute atomic E-state index is 12.6. The first-order chi connectivity index (χ1) is 13.2. The molecule has 2 rings (SSSR count). The standard InChI is InChI=1S/C19H18ClF3N2O3/c1-2-25(18(27)19(21,22)23)11-13-4-3-5-15(10-13)24-17(26)12-28-16-8-6-14(20)7-9-16/h3-10H,2,11-12H2,1H3,(H,24,26). The van der Waals surface area contributed by atoms with Crippen molar-refractivity contribution in [1.29, 1.82) is 0 Å². The molecule has 0 aliphatic rings. The summed E-state index contributed by atoms with van der Waals surface area (Å²) in [6.45, 7) is 0.895. The highest BCUT2D eigenvalue weighted by Gasteiger charge is 2.41. The summed E-state index contributed by atoms with van der Waals surface area (Å²) in [5, 5.41) is 3.14. The number of nitrogens with one attached hydrogen (secondary N) is 1. The Kier molecular flexibility index (Phi) is 7.28. The summed E-state index contributed by atoms with van der Waals surface area (Å²) in [5.41, 5.74) is 0.841. The lowest BCUT2D eigenvalue weighted by atomic mass is 10.2. The third kappa shape index (κ3) is 6.45. The smallest absolute Gasteiger partial charge is 0.471 e. The minimum atomic E-state index is -4.93. The molecule has 0 radical (unpaired) electrons. The van der Waals surface area contributed by atoms with Crippen LogP contribution in [0.5, 0.6) is 5.75 Å². The third-order valence-corrected chi connectivity index (χ3v) is 3.93.